The van der Waals surface area contributed by atoms with Crippen LogP contribution < -0.4 is 10.6 Å². The highest BCUT2D eigenvalue weighted by Crippen LogP contribution is 2.23. The van der Waals surface area contributed by atoms with Crippen molar-refractivity contribution in [3.8, 4) is 0 Å². The molecule has 1 saturated heterocycles. The second kappa shape index (κ2) is 10.2. The molecule has 0 aromatic carbocycles. The van der Waals surface area contributed by atoms with Crippen molar-refractivity contribution in [3.63, 3.8) is 0 Å². The molecular formula is C17H29N5O4S2. The van der Waals surface area contributed by atoms with Crippen LogP contribution in [0.4, 0.5) is 4.79 Å². The Morgan fingerprint density at radius 1 is 1.14 bits per heavy atom. The van der Waals surface area contributed by atoms with Crippen LogP contribution in [0.5, 0.6) is 0 Å². The normalized spacial score (nSPS) is 15.6. The number of hydrogen-bond donors (Lipinski definition) is 2. The van der Waals surface area contributed by atoms with Gasteiger partial charge in [-0.2, -0.15) is 0 Å². The van der Waals surface area contributed by atoms with Gasteiger partial charge in [-0.05, 0) is 18.6 Å². The molecular weight excluding hydrogens is 402 g/mol. The maximum atomic E-state index is 12.3. The molecule has 2 rings (SSSR count). The summed E-state index contributed by atoms with van der Waals surface area (Å²) < 4.78 is 25.6. The molecule has 0 atom stereocenters. The fraction of sp³-hybridized carbons (Fsp3) is 0.647. The zero-order chi connectivity index (χ0) is 20.7. The molecule has 9 nitrogen and oxygen atoms in total. The molecule has 0 spiro atoms. The van der Waals surface area contributed by atoms with Crippen molar-refractivity contribution < 1.29 is 18.0 Å². The summed E-state index contributed by atoms with van der Waals surface area (Å²) >= 11 is 1.15. The Hall–Kier alpha value is -1.69. The molecule has 2 heterocycles. The second-order valence-electron chi connectivity index (χ2n) is 6.78. The van der Waals surface area contributed by atoms with E-state index in [1.54, 1.807) is 17.0 Å². The van der Waals surface area contributed by atoms with Crippen LogP contribution in [-0.4, -0.2) is 87.8 Å². The van der Waals surface area contributed by atoms with Gasteiger partial charge in [0, 0.05) is 51.7 Å². The number of nitrogens with one attached hydrogen (secondary N) is 2. The Balaban J connectivity index is 1.76. The number of carbonyl (C=O) groups is 2. The third-order valence-electron chi connectivity index (χ3n) is 4.38. The summed E-state index contributed by atoms with van der Waals surface area (Å²) in [5.41, 5.74) is 0. The van der Waals surface area contributed by atoms with Crippen LogP contribution in [0, 0.1) is 0 Å². The highest BCUT2D eigenvalue weighted by atomic mass is 32.2. The molecule has 0 saturated carbocycles. The molecule has 1 fully saturated rings. The van der Waals surface area contributed by atoms with Gasteiger partial charge in [-0.1, -0.05) is 6.92 Å². The summed E-state index contributed by atoms with van der Waals surface area (Å²) in [6.45, 7) is 5.74. The van der Waals surface area contributed by atoms with Crippen molar-refractivity contribution >= 4 is 33.3 Å². The van der Waals surface area contributed by atoms with Gasteiger partial charge in [-0.15, -0.1) is 11.3 Å². The lowest BCUT2D eigenvalue weighted by atomic mass is 10.3. The lowest BCUT2D eigenvalue weighted by Crippen LogP contribution is -2.53. The summed E-state index contributed by atoms with van der Waals surface area (Å²) in [4.78, 5) is 28.6. The zero-order valence-electron chi connectivity index (χ0n) is 16.6. The Morgan fingerprint density at radius 2 is 1.82 bits per heavy atom. The highest BCUT2D eigenvalue weighted by molar-refractivity contribution is 7.91. The van der Waals surface area contributed by atoms with Crippen molar-refractivity contribution in [2.75, 3.05) is 53.4 Å². The van der Waals surface area contributed by atoms with E-state index in [2.05, 4.69) is 10.6 Å². The third kappa shape index (κ3) is 6.16. The van der Waals surface area contributed by atoms with E-state index in [0.717, 1.165) is 22.6 Å². The third-order valence-corrected chi connectivity index (χ3v) is 7.75. The predicted molar refractivity (Wildman–Crippen MR) is 109 cm³/mol. The molecule has 1 aliphatic heterocycles. The van der Waals surface area contributed by atoms with E-state index in [1.165, 1.54) is 18.4 Å². The fourth-order valence-electron chi connectivity index (χ4n) is 2.68. The van der Waals surface area contributed by atoms with Crippen LogP contribution in [0.1, 0.15) is 18.2 Å². The van der Waals surface area contributed by atoms with Gasteiger partial charge in [0.25, 0.3) is 10.0 Å². The average Bonchev–Trinajstić information content (AvgIpc) is 3.14. The lowest BCUT2D eigenvalue weighted by Gasteiger charge is -2.34. The fourth-order valence-corrected chi connectivity index (χ4v) is 5.14. The molecule has 0 unspecified atom stereocenters. The maximum absolute atomic E-state index is 12.3. The first-order valence-electron chi connectivity index (χ1n) is 9.27. The van der Waals surface area contributed by atoms with Crippen molar-refractivity contribution in [2.24, 2.45) is 0 Å². The van der Waals surface area contributed by atoms with Crippen molar-refractivity contribution in [3.05, 3.63) is 17.0 Å². The SMILES string of the molecule is CCCNC(=O)CN1CCN(C(=O)NCc2ccc(S(=O)(=O)N(C)C)s2)CC1. The van der Waals surface area contributed by atoms with E-state index in [9.17, 15) is 18.0 Å². The Kier molecular flexibility index (Phi) is 8.23. The second-order valence-corrected chi connectivity index (χ2v) is 10.3. The molecule has 0 radical (unpaired) electrons. The van der Waals surface area contributed by atoms with E-state index in [0.29, 0.717) is 39.3 Å². The van der Waals surface area contributed by atoms with E-state index in [-0.39, 0.29) is 22.7 Å². The number of thiophene rings is 1. The smallest absolute Gasteiger partial charge is 0.317 e. The van der Waals surface area contributed by atoms with Crippen LogP contribution in [0.15, 0.2) is 16.3 Å². The first kappa shape index (κ1) is 22.6. The van der Waals surface area contributed by atoms with Crippen molar-refractivity contribution in [2.45, 2.75) is 24.1 Å². The predicted octanol–water partition coefficient (Wildman–Crippen LogP) is 0.352. The minimum Gasteiger partial charge on any atom is -0.355 e. The number of hydrogen-bond acceptors (Lipinski definition) is 6. The summed E-state index contributed by atoms with van der Waals surface area (Å²) in [5, 5.41) is 5.69. The Morgan fingerprint density at radius 3 is 2.43 bits per heavy atom. The molecule has 158 valence electrons. The van der Waals surface area contributed by atoms with Gasteiger partial charge in [0.2, 0.25) is 5.91 Å². The highest BCUT2D eigenvalue weighted by Gasteiger charge is 2.23. The van der Waals surface area contributed by atoms with Crippen LogP contribution in [0.2, 0.25) is 0 Å². The monoisotopic (exact) mass is 431 g/mol. The van der Waals surface area contributed by atoms with Crippen LogP contribution in [0.25, 0.3) is 0 Å². The quantitative estimate of drug-likeness (QED) is 0.619. The molecule has 1 aromatic rings. The molecule has 11 heteroatoms. The number of nitrogens with zero attached hydrogens (tertiary/aromatic N) is 3. The van der Waals surface area contributed by atoms with Gasteiger partial charge in [-0.3, -0.25) is 9.69 Å². The first-order valence-corrected chi connectivity index (χ1v) is 11.5. The Labute approximate surface area is 170 Å². The Bertz CT molecular complexity index is 770. The average molecular weight is 432 g/mol. The molecule has 3 amide bonds. The molecule has 2 N–H and O–H groups in total. The number of sulfonamides is 1. The minimum absolute atomic E-state index is 0.0147. The molecule has 1 aliphatic rings. The molecule has 0 aliphatic carbocycles. The summed E-state index contributed by atoms with van der Waals surface area (Å²) in [6, 6.07) is 3.10. The van der Waals surface area contributed by atoms with Gasteiger partial charge in [-0.25, -0.2) is 17.5 Å². The van der Waals surface area contributed by atoms with E-state index < -0.39 is 10.0 Å². The van der Waals surface area contributed by atoms with Gasteiger partial charge in [0.05, 0.1) is 13.1 Å². The van der Waals surface area contributed by atoms with Gasteiger partial charge >= 0.3 is 6.03 Å². The summed E-state index contributed by atoms with van der Waals surface area (Å²) in [5.74, 6) is 0.0147. The van der Waals surface area contributed by atoms with Crippen LogP contribution in [0.3, 0.4) is 0 Å². The van der Waals surface area contributed by atoms with Gasteiger partial charge in [0.1, 0.15) is 4.21 Å². The van der Waals surface area contributed by atoms with E-state index in [1.807, 2.05) is 11.8 Å². The minimum atomic E-state index is -3.45. The van der Waals surface area contributed by atoms with E-state index >= 15 is 0 Å². The number of carbonyl (C=O) groups excluding carboxylic acids is 2. The molecule has 0 bridgehead atoms. The largest absolute Gasteiger partial charge is 0.355 e. The molecule has 28 heavy (non-hydrogen) atoms. The van der Waals surface area contributed by atoms with E-state index in [4.69, 9.17) is 0 Å². The van der Waals surface area contributed by atoms with Crippen LogP contribution >= 0.6 is 11.3 Å². The van der Waals surface area contributed by atoms with Crippen molar-refractivity contribution in [1.82, 2.24) is 24.7 Å². The number of rotatable bonds is 8. The van der Waals surface area contributed by atoms with Gasteiger partial charge < -0.3 is 15.5 Å². The number of amides is 3. The lowest BCUT2D eigenvalue weighted by molar-refractivity contribution is -0.122. The number of urea groups is 1. The molecule has 1 aromatic heterocycles. The maximum Gasteiger partial charge on any atom is 0.317 e. The summed E-state index contributed by atoms with van der Waals surface area (Å²) in [6.07, 6.45) is 0.909. The number of piperazine rings is 1. The van der Waals surface area contributed by atoms with Crippen LogP contribution in [-0.2, 0) is 21.4 Å². The van der Waals surface area contributed by atoms with Gasteiger partial charge in [0.15, 0.2) is 0 Å². The topological polar surface area (TPSA) is 102 Å². The standard InChI is InChI=1S/C17H29N5O4S2/c1-4-7-18-15(23)13-21-8-10-22(11-9-21)17(24)19-12-14-5-6-16(27-14)28(25,26)20(2)3/h5-6H,4,7-13H2,1-3H3,(H,18,23)(H,19,24). The first-order chi connectivity index (χ1) is 13.2. The van der Waals surface area contributed by atoms with Crippen molar-refractivity contribution in [1.29, 1.82) is 0 Å². The summed E-state index contributed by atoms with van der Waals surface area (Å²) in [7, 11) is -0.467. The zero-order valence-corrected chi connectivity index (χ0v) is 18.2.